The Morgan fingerprint density at radius 2 is 1.75 bits per heavy atom. The number of benzene rings is 2. The fourth-order valence-corrected chi connectivity index (χ4v) is 1.58. The van der Waals surface area contributed by atoms with Crippen LogP contribution < -0.4 is 5.43 Å². The molecule has 0 saturated carbocycles. The van der Waals surface area contributed by atoms with Crippen molar-refractivity contribution in [3.05, 3.63) is 65.7 Å². The molecule has 0 aliphatic rings. The van der Waals surface area contributed by atoms with Gasteiger partial charge >= 0.3 is 0 Å². The van der Waals surface area contributed by atoms with Crippen molar-refractivity contribution in [1.29, 1.82) is 0 Å². The van der Waals surface area contributed by atoms with E-state index in [0.29, 0.717) is 5.56 Å². The van der Waals surface area contributed by atoms with Crippen LogP contribution >= 0.6 is 0 Å². The van der Waals surface area contributed by atoms with Crippen LogP contribution in [-0.2, 0) is 4.79 Å². The SMILES string of the molecule is O=C(N/N=C\c1ccc(O)cc1)[C@H](O)c1ccccc1. The Morgan fingerprint density at radius 1 is 1.10 bits per heavy atom. The van der Waals surface area contributed by atoms with Crippen LogP contribution in [-0.4, -0.2) is 22.3 Å². The molecule has 0 spiro atoms. The highest BCUT2D eigenvalue weighted by Gasteiger charge is 2.15. The standard InChI is InChI=1S/C15H14N2O3/c18-13-8-6-11(7-9-13)10-16-17-15(20)14(19)12-4-2-1-3-5-12/h1-10,14,18-19H,(H,17,20)/b16-10-/t14-/m1/s1. The first-order chi connectivity index (χ1) is 9.66. The molecule has 0 aliphatic carbocycles. The molecule has 5 nitrogen and oxygen atoms in total. The largest absolute Gasteiger partial charge is 0.508 e. The van der Waals surface area contributed by atoms with E-state index in [1.54, 1.807) is 42.5 Å². The van der Waals surface area contributed by atoms with Crippen molar-refractivity contribution in [3.63, 3.8) is 0 Å². The molecule has 0 fully saturated rings. The van der Waals surface area contributed by atoms with Crippen LogP contribution in [0.25, 0.3) is 0 Å². The quantitative estimate of drug-likeness (QED) is 0.582. The number of hydrazone groups is 1. The number of aliphatic hydroxyl groups excluding tert-OH is 1. The zero-order valence-electron chi connectivity index (χ0n) is 10.6. The van der Waals surface area contributed by atoms with Gasteiger partial charge < -0.3 is 10.2 Å². The maximum Gasteiger partial charge on any atom is 0.273 e. The molecule has 0 saturated heterocycles. The lowest BCUT2D eigenvalue weighted by atomic mass is 10.1. The molecule has 2 aromatic carbocycles. The first-order valence-electron chi connectivity index (χ1n) is 6.02. The van der Waals surface area contributed by atoms with E-state index in [0.717, 1.165) is 5.56 Å². The van der Waals surface area contributed by atoms with E-state index in [4.69, 9.17) is 5.11 Å². The van der Waals surface area contributed by atoms with E-state index in [-0.39, 0.29) is 5.75 Å². The molecule has 102 valence electrons. The van der Waals surface area contributed by atoms with Crippen LogP contribution in [0.15, 0.2) is 59.7 Å². The molecular weight excluding hydrogens is 256 g/mol. The summed E-state index contributed by atoms with van der Waals surface area (Å²) in [4.78, 5) is 11.7. The van der Waals surface area contributed by atoms with E-state index >= 15 is 0 Å². The van der Waals surface area contributed by atoms with Crippen molar-refractivity contribution < 1.29 is 15.0 Å². The minimum atomic E-state index is -1.26. The van der Waals surface area contributed by atoms with Gasteiger partial charge in [0.15, 0.2) is 6.10 Å². The average Bonchev–Trinajstić information content (AvgIpc) is 2.49. The maximum absolute atomic E-state index is 11.7. The summed E-state index contributed by atoms with van der Waals surface area (Å²) in [5.74, 6) is -0.447. The molecule has 3 N–H and O–H groups in total. The number of carbonyl (C=O) groups is 1. The summed E-state index contributed by atoms with van der Waals surface area (Å²) in [7, 11) is 0. The summed E-state index contributed by atoms with van der Waals surface area (Å²) in [6, 6.07) is 14.9. The number of hydrogen-bond donors (Lipinski definition) is 3. The van der Waals surface area contributed by atoms with Crippen LogP contribution in [0, 0.1) is 0 Å². The van der Waals surface area contributed by atoms with Gasteiger partial charge in [0.25, 0.3) is 5.91 Å². The van der Waals surface area contributed by atoms with Gasteiger partial charge in [0.2, 0.25) is 0 Å². The van der Waals surface area contributed by atoms with E-state index in [1.807, 2.05) is 0 Å². The zero-order valence-corrected chi connectivity index (χ0v) is 10.6. The molecule has 2 rings (SSSR count). The topological polar surface area (TPSA) is 81.9 Å². The monoisotopic (exact) mass is 270 g/mol. The highest BCUT2D eigenvalue weighted by molar-refractivity contribution is 5.85. The molecule has 0 radical (unpaired) electrons. The van der Waals surface area contributed by atoms with Crippen LogP contribution in [0.2, 0.25) is 0 Å². The Morgan fingerprint density at radius 3 is 2.40 bits per heavy atom. The zero-order chi connectivity index (χ0) is 14.4. The number of nitrogens with one attached hydrogen (secondary N) is 1. The lowest BCUT2D eigenvalue weighted by Gasteiger charge is -2.08. The number of aromatic hydroxyl groups is 1. The summed E-state index contributed by atoms with van der Waals surface area (Å²) >= 11 is 0. The number of aliphatic hydroxyl groups is 1. The third-order valence-corrected chi connectivity index (χ3v) is 2.65. The third-order valence-electron chi connectivity index (χ3n) is 2.65. The van der Waals surface area contributed by atoms with Crippen molar-refractivity contribution >= 4 is 12.1 Å². The van der Waals surface area contributed by atoms with Crippen LogP contribution in [0.4, 0.5) is 0 Å². The number of rotatable bonds is 4. The van der Waals surface area contributed by atoms with Crippen molar-refractivity contribution in [2.45, 2.75) is 6.10 Å². The second-order valence-electron chi connectivity index (χ2n) is 4.14. The van der Waals surface area contributed by atoms with Crippen LogP contribution in [0.5, 0.6) is 5.75 Å². The molecule has 1 amide bonds. The smallest absolute Gasteiger partial charge is 0.273 e. The van der Waals surface area contributed by atoms with Gasteiger partial charge in [0, 0.05) is 0 Å². The second kappa shape index (κ2) is 6.49. The van der Waals surface area contributed by atoms with Crippen molar-refractivity contribution in [2.75, 3.05) is 0 Å². The van der Waals surface area contributed by atoms with Gasteiger partial charge in [-0.15, -0.1) is 0 Å². The number of phenols is 1. The van der Waals surface area contributed by atoms with Gasteiger partial charge in [-0.2, -0.15) is 5.10 Å². The Labute approximate surface area is 116 Å². The number of phenolic OH excluding ortho intramolecular Hbond substituents is 1. The minimum Gasteiger partial charge on any atom is -0.508 e. The van der Waals surface area contributed by atoms with E-state index in [9.17, 15) is 9.90 Å². The predicted octanol–water partition coefficient (Wildman–Crippen LogP) is 1.58. The van der Waals surface area contributed by atoms with Crippen LogP contribution in [0.3, 0.4) is 0 Å². The van der Waals surface area contributed by atoms with Gasteiger partial charge in [0.1, 0.15) is 5.75 Å². The van der Waals surface area contributed by atoms with E-state index < -0.39 is 12.0 Å². The summed E-state index contributed by atoms with van der Waals surface area (Å²) in [5, 5.41) is 22.7. The van der Waals surface area contributed by atoms with Gasteiger partial charge in [-0.05, 0) is 35.4 Å². The van der Waals surface area contributed by atoms with Gasteiger partial charge in [-0.3, -0.25) is 4.79 Å². The summed E-state index contributed by atoms with van der Waals surface area (Å²) < 4.78 is 0. The first-order valence-corrected chi connectivity index (χ1v) is 6.02. The predicted molar refractivity (Wildman–Crippen MR) is 75.2 cm³/mol. The van der Waals surface area contributed by atoms with Gasteiger partial charge in [0.05, 0.1) is 6.21 Å². The summed E-state index contributed by atoms with van der Waals surface area (Å²) in [5.41, 5.74) is 3.49. The molecule has 5 heteroatoms. The minimum absolute atomic E-state index is 0.158. The maximum atomic E-state index is 11.7. The Kier molecular flexibility index (Phi) is 4.47. The lowest BCUT2D eigenvalue weighted by molar-refractivity contribution is -0.129. The lowest BCUT2D eigenvalue weighted by Crippen LogP contribution is -2.25. The summed E-state index contributed by atoms with van der Waals surface area (Å²) in [6.45, 7) is 0. The second-order valence-corrected chi connectivity index (χ2v) is 4.14. The highest BCUT2D eigenvalue weighted by Crippen LogP contribution is 2.11. The molecule has 20 heavy (non-hydrogen) atoms. The Balaban J connectivity index is 1.93. The molecule has 0 heterocycles. The van der Waals surface area contributed by atoms with Crippen molar-refractivity contribution in [1.82, 2.24) is 5.43 Å². The molecule has 0 bridgehead atoms. The fourth-order valence-electron chi connectivity index (χ4n) is 1.58. The number of hydrogen-bond acceptors (Lipinski definition) is 4. The molecule has 0 aromatic heterocycles. The van der Waals surface area contributed by atoms with Crippen LogP contribution in [0.1, 0.15) is 17.2 Å². The number of amides is 1. The normalized spacial score (nSPS) is 12.2. The molecule has 0 aliphatic heterocycles. The first kappa shape index (κ1) is 13.8. The average molecular weight is 270 g/mol. The number of nitrogens with zero attached hydrogens (tertiary/aromatic N) is 1. The van der Waals surface area contributed by atoms with Gasteiger partial charge in [-0.1, -0.05) is 30.3 Å². The number of carbonyl (C=O) groups excluding carboxylic acids is 1. The Hall–Kier alpha value is -2.66. The molecule has 2 aromatic rings. The van der Waals surface area contributed by atoms with E-state index in [1.165, 1.54) is 18.3 Å². The molecule has 0 unspecified atom stereocenters. The van der Waals surface area contributed by atoms with Crippen molar-refractivity contribution in [3.8, 4) is 5.75 Å². The van der Waals surface area contributed by atoms with Gasteiger partial charge in [-0.25, -0.2) is 5.43 Å². The Bertz CT molecular complexity index is 594. The highest BCUT2D eigenvalue weighted by atomic mass is 16.3. The van der Waals surface area contributed by atoms with Crippen molar-refractivity contribution in [2.24, 2.45) is 5.10 Å². The fraction of sp³-hybridized carbons (Fsp3) is 0.0667. The summed E-state index contributed by atoms with van der Waals surface area (Å²) in [6.07, 6.45) is 0.169. The third kappa shape index (κ3) is 3.66. The molecular formula is C15H14N2O3. The molecule has 1 atom stereocenters. The van der Waals surface area contributed by atoms with E-state index in [2.05, 4.69) is 10.5 Å².